The lowest BCUT2D eigenvalue weighted by atomic mass is 10.0. The third-order valence-corrected chi connectivity index (χ3v) is 3.86. The van der Waals surface area contributed by atoms with E-state index < -0.39 is 12.6 Å². The maximum atomic E-state index is 12.2. The first kappa shape index (κ1) is 22.8. The summed E-state index contributed by atoms with van der Waals surface area (Å²) < 4.78 is 36.6. The second kappa shape index (κ2) is 11.3. The lowest BCUT2D eigenvalue weighted by Gasteiger charge is -2.29. The van der Waals surface area contributed by atoms with Gasteiger partial charge in [0.05, 0.1) is 13.0 Å². The van der Waals surface area contributed by atoms with Crippen LogP contribution in [-0.2, 0) is 0 Å². The molecule has 1 heterocycles. The number of rotatable bonds is 7. The van der Waals surface area contributed by atoms with Crippen molar-refractivity contribution in [1.82, 2.24) is 15.5 Å². The minimum absolute atomic E-state index is 0. The first-order chi connectivity index (χ1) is 10.3. The molecule has 0 amide bonds. The third-order valence-electron chi connectivity index (χ3n) is 3.86. The number of halogens is 4. The summed E-state index contributed by atoms with van der Waals surface area (Å²) in [7, 11) is 0. The quantitative estimate of drug-likeness (QED) is 0.356. The van der Waals surface area contributed by atoms with Crippen LogP contribution in [0.5, 0.6) is 0 Å². The van der Waals surface area contributed by atoms with Gasteiger partial charge in [0.25, 0.3) is 0 Å². The molecule has 0 aromatic heterocycles. The monoisotopic (exact) mass is 450 g/mol. The molecule has 1 aliphatic heterocycles. The van der Waals surface area contributed by atoms with Crippen LogP contribution in [-0.4, -0.2) is 55.8 Å². The van der Waals surface area contributed by atoms with Gasteiger partial charge >= 0.3 is 6.18 Å². The van der Waals surface area contributed by atoms with Gasteiger partial charge < -0.3 is 10.6 Å². The van der Waals surface area contributed by atoms with Crippen molar-refractivity contribution in [2.75, 3.05) is 32.7 Å². The van der Waals surface area contributed by atoms with Crippen LogP contribution in [0.4, 0.5) is 13.2 Å². The van der Waals surface area contributed by atoms with E-state index in [0.717, 1.165) is 13.1 Å². The molecule has 23 heavy (non-hydrogen) atoms. The zero-order valence-electron chi connectivity index (χ0n) is 14.2. The van der Waals surface area contributed by atoms with Crippen LogP contribution in [0.15, 0.2) is 4.99 Å². The first-order valence-corrected chi connectivity index (χ1v) is 8.16. The molecule has 0 spiro atoms. The summed E-state index contributed by atoms with van der Waals surface area (Å²) in [5.41, 5.74) is 0. The van der Waals surface area contributed by atoms with Crippen molar-refractivity contribution in [3.05, 3.63) is 0 Å². The molecule has 0 aromatic carbocycles. The summed E-state index contributed by atoms with van der Waals surface area (Å²) in [6, 6.07) is 0.348. The van der Waals surface area contributed by atoms with Gasteiger partial charge in [0.2, 0.25) is 0 Å². The minimum atomic E-state index is -4.14. The van der Waals surface area contributed by atoms with E-state index in [-0.39, 0.29) is 30.5 Å². The summed E-state index contributed by atoms with van der Waals surface area (Å²) in [5, 5.41) is 5.77. The fraction of sp³-hybridized carbons (Fsp3) is 0.933. The highest BCUT2D eigenvalue weighted by atomic mass is 127. The smallest absolute Gasteiger partial charge is 0.357 e. The highest BCUT2D eigenvalue weighted by Gasteiger charge is 2.27. The van der Waals surface area contributed by atoms with Crippen molar-refractivity contribution >= 4 is 29.9 Å². The Hall–Kier alpha value is -0.250. The van der Waals surface area contributed by atoms with Crippen molar-refractivity contribution in [3.8, 4) is 0 Å². The van der Waals surface area contributed by atoms with Crippen molar-refractivity contribution in [2.45, 2.75) is 52.3 Å². The normalized spacial score (nSPS) is 18.0. The van der Waals surface area contributed by atoms with E-state index in [1.165, 1.54) is 12.8 Å². The molecule has 1 aliphatic rings. The molecular formula is C15H30F3IN4. The van der Waals surface area contributed by atoms with E-state index in [1.807, 2.05) is 6.92 Å². The number of likely N-dealkylation sites (tertiary alicyclic amines) is 1. The zero-order chi connectivity index (χ0) is 16.6. The summed E-state index contributed by atoms with van der Waals surface area (Å²) in [5.74, 6) is 0.941. The van der Waals surface area contributed by atoms with E-state index in [0.29, 0.717) is 31.0 Å². The SMILES string of the molecule is CCNC(=NCC(C(C)C)N1CCCC1)NCCC(F)(F)F.I. The molecule has 4 nitrogen and oxygen atoms in total. The zero-order valence-corrected chi connectivity index (χ0v) is 16.6. The van der Waals surface area contributed by atoms with Crippen molar-refractivity contribution in [2.24, 2.45) is 10.9 Å². The van der Waals surface area contributed by atoms with Crippen molar-refractivity contribution in [3.63, 3.8) is 0 Å². The van der Waals surface area contributed by atoms with E-state index in [2.05, 4.69) is 34.4 Å². The van der Waals surface area contributed by atoms with Gasteiger partial charge in [-0.15, -0.1) is 24.0 Å². The van der Waals surface area contributed by atoms with Gasteiger partial charge in [-0.05, 0) is 38.8 Å². The summed E-state index contributed by atoms with van der Waals surface area (Å²) >= 11 is 0. The Balaban J connectivity index is 0.00000484. The van der Waals surface area contributed by atoms with Gasteiger partial charge in [0.1, 0.15) is 0 Å². The van der Waals surface area contributed by atoms with Crippen LogP contribution in [0, 0.1) is 5.92 Å². The highest BCUT2D eigenvalue weighted by Crippen LogP contribution is 2.19. The van der Waals surface area contributed by atoms with Gasteiger partial charge in [0.15, 0.2) is 5.96 Å². The van der Waals surface area contributed by atoms with Crippen LogP contribution in [0.2, 0.25) is 0 Å². The average molecular weight is 450 g/mol. The second-order valence-electron chi connectivity index (χ2n) is 6.07. The standard InChI is InChI=1S/C15H29F3N4.HI/c1-4-19-14(20-8-7-15(16,17)18)21-11-13(12(2)3)22-9-5-6-10-22;/h12-13H,4-11H2,1-3H3,(H2,19,20,21);1H. The number of alkyl halides is 3. The number of aliphatic imine (C=N–C) groups is 1. The average Bonchev–Trinajstić information content (AvgIpc) is 2.90. The summed E-state index contributed by atoms with van der Waals surface area (Å²) in [6.07, 6.45) is -2.55. The molecule has 0 radical (unpaired) electrons. The Morgan fingerprint density at radius 3 is 2.26 bits per heavy atom. The molecule has 0 bridgehead atoms. The summed E-state index contributed by atoms with van der Waals surface area (Å²) in [6.45, 7) is 9.53. The second-order valence-corrected chi connectivity index (χ2v) is 6.07. The predicted molar refractivity (Wildman–Crippen MR) is 99.5 cm³/mol. The van der Waals surface area contributed by atoms with Gasteiger partial charge in [-0.3, -0.25) is 9.89 Å². The molecule has 8 heteroatoms. The van der Waals surface area contributed by atoms with E-state index in [9.17, 15) is 13.2 Å². The fourth-order valence-corrected chi connectivity index (χ4v) is 2.67. The van der Waals surface area contributed by atoms with E-state index in [1.54, 1.807) is 0 Å². The van der Waals surface area contributed by atoms with Gasteiger partial charge in [-0.1, -0.05) is 13.8 Å². The Morgan fingerprint density at radius 2 is 1.78 bits per heavy atom. The molecule has 0 saturated carbocycles. The predicted octanol–water partition coefficient (Wildman–Crippen LogP) is 3.23. The molecule has 1 rings (SSSR count). The van der Waals surface area contributed by atoms with E-state index >= 15 is 0 Å². The van der Waals surface area contributed by atoms with Crippen LogP contribution in [0.25, 0.3) is 0 Å². The Morgan fingerprint density at radius 1 is 1.17 bits per heavy atom. The highest BCUT2D eigenvalue weighted by molar-refractivity contribution is 14.0. The number of hydrogen-bond donors (Lipinski definition) is 2. The lowest BCUT2D eigenvalue weighted by Crippen LogP contribution is -2.42. The van der Waals surface area contributed by atoms with Gasteiger partial charge in [-0.25, -0.2) is 0 Å². The minimum Gasteiger partial charge on any atom is -0.357 e. The molecular weight excluding hydrogens is 420 g/mol. The molecule has 1 saturated heterocycles. The molecule has 138 valence electrons. The van der Waals surface area contributed by atoms with Crippen LogP contribution < -0.4 is 10.6 Å². The van der Waals surface area contributed by atoms with Crippen molar-refractivity contribution in [1.29, 1.82) is 0 Å². The number of nitrogens with one attached hydrogen (secondary N) is 2. The Kier molecular flexibility index (Phi) is 11.2. The van der Waals surface area contributed by atoms with Crippen LogP contribution >= 0.6 is 24.0 Å². The molecule has 1 unspecified atom stereocenters. The maximum Gasteiger partial charge on any atom is 0.390 e. The van der Waals surface area contributed by atoms with Crippen LogP contribution in [0.1, 0.15) is 40.0 Å². The maximum absolute atomic E-state index is 12.2. The van der Waals surface area contributed by atoms with Crippen molar-refractivity contribution < 1.29 is 13.2 Å². The van der Waals surface area contributed by atoms with E-state index in [4.69, 9.17) is 0 Å². The van der Waals surface area contributed by atoms with Gasteiger partial charge in [-0.2, -0.15) is 13.2 Å². The molecule has 2 N–H and O–H groups in total. The number of nitrogens with zero attached hydrogens (tertiary/aromatic N) is 2. The number of hydrogen-bond acceptors (Lipinski definition) is 2. The molecule has 0 aromatic rings. The summed E-state index contributed by atoms with van der Waals surface area (Å²) in [4.78, 5) is 6.92. The Bertz CT molecular complexity index is 342. The molecule has 1 atom stereocenters. The first-order valence-electron chi connectivity index (χ1n) is 8.16. The molecule has 0 aliphatic carbocycles. The topological polar surface area (TPSA) is 39.7 Å². The largest absolute Gasteiger partial charge is 0.390 e. The van der Waals surface area contributed by atoms with Gasteiger partial charge in [0, 0.05) is 19.1 Å². The number of guanidine groups is 1. The lowest BCUT2D eigenvalue weighted by molar-refractivity contribution is -0.132. The third kappa shape index (κ3) is 9.59. The molecule has 1 fully saturated rings. The Labute approximate surface area is 154 Å². The van der Waals surface area contributed by atoms with Crippen LogP contribution in [0.3, 0.4) is 0 Å². The fourth-order valence-electron chi connectivity index (χ4n) is 2.67.